The molecule has 26 heavy (non-hydrogen) atoms. The fourth-order valence-corrected chi connectivity index (χ4v) is 4.12. The highest BCUT2D eigenvalue weighted by Gasteiger charge is 2.21. The van der Waals surface area contributed by atoms with Crippen LogP contribution in [0.25, 0.3) is 11.1 Å². The molecule has 2 aromatic rings. The fourth-order valence-electron chi connectivity index (χ4n) is 2.91. The molecule has 1 aromatic heterocycles. The van der Waals surface area contributed by atoms with Crippen LogP contribution in [0.4, 0.5) is 0 Å². The Kier molecular flexibility index (Phi) is 6.31. The summed E-state index contributed by atoms with van der Waals surface area (Å²) in [6.07, 6.45) is 5.67. The Morgan fingerprint density at radius 1 is 1.08 bits per heavy atom. The highest BCUT2D eigenvalue weighted by atomic mass is 32.2. The topological polar surface area (TPSA) is 75.6 Å². The second-order valence-corrected chi connectivity index (χ2v) is 8.33. The number of ether oxygens (including phenoxy) is 1. The molecule has 0 radical (unpaired) electrons. The van der Waals surface area contributed by atoms with Crippen molar-refractivity contribution in [2.24, 2.45) is 0 Å². The van der Waals surface area contributed by atoms with E-state index in [-0.39, 0.29) is 0 Å². The third-order valence-electron chi connectivity index (χ3n) is 4.51. The lowest BCUT2D eigenvalue weighted by atomic mass is 10.1. The monoisotopic (exact) mass is 376 g/mol. The van der Waals surface area contributed by atoms with Gasteiger partial charge in [0.1, 0.15) is 6.33 Å². The zero-order valence-electron chi connectivity index (χ0n) is 14.9. The molecule has 0 saturated carbocycles. The van der Waals surface area contributed by atoms with Crippen LogP contribution < -0.4 is 0 Å². The average Bonchev–Trinajstić information content (AvgIpc) is 2.69. The van der Waals surface area contributed by atoms with Crippen LogP contribution in [0, 0.1) is 0 Å². The third-order valence-corrected chi connectivity index (χ3v) is 6.38. The standard InChI is InChI=1S/C18H24N4O3S/c1-21(7-2-8-22-9-11-25-12-10-22)26(23,24)18-5-3-16(4-6-18)17-13-19-15-20-14-17/h3-6,13-15H,2,7-12H2,1H3. The van der Waals surface area contributed by atoms with Crippen molar-refractivity contribution >= 4 is 10.0 Å². The highest BCUT2D eigenvalue weighted by molar-refractivity contribution is 7.89. The lowest BCUT2D eigenvalue weighted by molar-refractivity contribution is 0.0370. The van der Waals surface area contributed by atoms with Crippen LogP contribution in [0.15, 0.2) is 47.9 Å². The maximum absolute atomic E-state index is 12.7. The Balaban J connectivity index is 1.59. The molecular weight excluding hydrogens is 352 g/mol. The van der Waals surface area contributed by atoms with Gasteiger partial charge in [0.25, 0.3) is 0 Å². The molecule has 0 spiro atoms. The number of benzene rings is 1. The van der Waals surface area contributed by atoms with Crippen molar-refractivity contribution in [1.82, 2.24) is 19.2 Å². The lowest BCUT2D eigenvalue weighted by Crippen LogP contribution is -2.38. The number of aromatic nitrogens is 2. The number of hydrogen-bond donors (Lipinski definition) is 0. The van der Waals surface area contributed by atoms with E-state index in [0.717, 1.165) is 50.4 Å². The maximum Gasteiger partial charge on any atom is 0.242 e. The predicted octanol–water partition coefficient (Wildman–Crippen LogP) is 1.49. The van der Waals surface area contributed by atoms with Crippen LogP contribution in [0.5, 0.6) is 0 Å². The first-order valence-corrected chi connectivity index (χ1v) is 10.1. The van der Waals surface area contributed by atoms with E-state index in [4.69, 9.17) is 4.74 Å². The van der Waals surface area contributed by atoms with E-state index in [1.54, 1.807) is 43.7 Å². The van der Waals surface area contributed by atoms with Gasteiger partial charge in [-0.25, -0.2) is 22.7 Å². The van der Waals surface area contributed by atoms with Crippen molar-refractivity contribution in [3.8, 4) is 11.1 Å². The van der Waals surface area contributed by atoms with Crippen LogP contribution in [-0.2, 0) is 14.8 Å². The van der Waals surface area contributed by atoms with Gasteiger partial charge < -0.3 is 4.74 Å². The van der Waals surface area contributed by atoms with E-state index < -0.39 is 10.0 Å². The molecule has 2 heterocycles. The molecule has 1 saturated heterocycles. The van der Waals surface area contributed by atoms with Gasteiger partial charge in [-0.15, -0.1) is 0 Å². The lowest BCUT2D eigenvalue weighted by Gasteiger charge is -2.27. The van der Waals surface area contributed by atoms with Gasteiger partial charge in [-0.3, -0.25) is 4.90 Å². The molecule has 0 aliphatic carbocycles. The zero-order chi connectivity index (χ0) is 18.4. The molecule has 140 valence electrons. The molecule has 8 heteroatoms. The molecule has 1 aliphatic rings. The smallest absolute Gasteiger partial charge is 0.242 e. The predicted molar refractivity (Wildman–Crippen MR) is 99.2 cm³/mol. The Morgan fingerprint density at radius 2 is 1.73 bits per heavy atom. The van der Waals surface area contributed by atoms with Gasteiger partial charge in [0.2, 0.25) is 10.0 Å². The molecule has 3 rings (SSSR count). The summed E-state index contributed by atoms with van der Waals surface area (Å²) in [5.41, 5.74) is 1.75. The minimum atomic E-state index is -3.48. The number of morpholine rings is 1. The summed E-state index contributed by atoms with van der Waals surface area (Å²) in [6, 6.07) is 6.84. The van der Waals surface area contributed by atoms with Gasteiger partial charge in [0.05, 0.1) is 18.1 Å². The summed E-state index contributed by atoms with van der Waals surface area (Å²) in [6.45, 7) is 4.73. The summed E-state index contributed by atoms with van der Waals surface area (Å²) >= 11 is 0. The molecule has 0 atom stereocenters. The van der Waals surface area contributed by atoms with E-state index in [2.05, 4.69) is 14.9 Å². The molecule has 0 N–H and O–H groups in total. The molecule has 0 amide bonds. The fraction of sp³-hybridized carbons (Fsp3) is 0.444. The van der Waals surface area contributed by atoms with Gasteiger partial charge in [0.15, 0.2) is 0 Å². The van der Waals surface area contributed by atoms with Crippen molar-refractivity contribution in [3.63, 3.8) is 0 Å². The minimum Gasteiger partial charge on any atom is -0.379 e. The van der Waals surface area contributed by atoms with Gasteiger partial charge in [-0.05, 0) is 30.7 Å². The Morgan fingerprint density at radius 3 is 2.38 bits per heavy atom. The van der Waals surface area contributed by atoms with Gasteiger partial charge in [-0.2, -0.15) is 0 Å². The quantitative estimate of drug-likeness (QED) is 0.729. The van der Waals surface area contributed by atoms with Crippen LogP contribution in [0.3, 0.4) is 0 Å². The summed E-state index contributed by atoms with van der Waals surface area (Å²) in [7, 11) is -1.85. The van der Waals surface area contributed by atoms with Gasteiger partial charge in [0, 0.05) is 44.6 Å². The number of sulfonamides is 1. The molecule has 1 aliphatic heterocycles. The Hall–Kier alpha value is -1.87. The second kappa shape index (κ2) is 8.68. The maximum atomic E-state index is 12.7. The summed E-state index contributed by atoms with van der Waals surface area (Å²) in [4.78, 5) is 10.6. The Labute approximate surface area is 154 Å². The molecule has 0 unspecified atom stereocenters. The van der Waals surface area contributed by atoms with Crippen LogP contribution in [0.2, 0.25) is 0 Å². The molecule has 0 bridgehead atoms. The van der Waals surface area contributed by atoms with E-state index in [9.17, 15) is 8.42 Å². The normalized spacial score (nSPS) is 16.1. The first-order valence-electron chi connectivity index (χ1n) is 8.69. The molecule has 7 nitrogen and oxygen atoms in total. The highest BCUT2D eigenvalue weighted by Crippen LogP contribution is 2.21. The molecule has 1 fully saturated rings. The van der Waals surface area contributed by atoms with Crippen molar-refractivity contribution < 1.29 is 13.2 Å². The number of rotatable bonds is 7. The largest absolute Gasteiger partial charge is 0.379 e. The zero-order valence-corrected chi connectivity index (χ0v) is 15.7. The van der Waals surface area contributed by atoms with E-state index >= 15 is 0 Å². The van der Waals surface area contributed by atoms with Crippen molar-refractivity contribution in [1.29, 1.82) is 0 Å². The first kappa shape index (κ1) is 18.9. The van der Waals surface area contributed by atoms with E-state index in [1.165, 1.54) is 10.6 Å². The molecular formula is C18H24N4O3S. The Bertz CT molecular complexity index is 791. The van der Waals surface area contributed by atoms with Crippen LogP contribution >= 0.6 is 0 Å². The third kappa shape index (κ3) is 4.64. The number of hydrogen-bond acceptors (Lipinski definition) is 6. The van der Waals surface area contributed by atoms with Crippen molar-refractivity contribution in [2.75, 3.05) is 46.4 Å². The van der Waals surface area contributed by atoms with E-state index in [0.29, 0.717) is 11.4 Å². The van der Waals surface area contributed by atoms with Gasteiger partial charge >= 0.3 is 0 Å². The first-order chi connectivity index (χ1) is 12.6. The number of nitrogens with zero attached hydrogens (tertiary/aromatic N) is 4. The average molecular weight is 376 g/mol. The summed E-state index contributed by atoms with van der Waals surface area (Å²) in [5.74, 6) is 0. The minimum absolute atomic E-state index is 0.298. The van der Waals surface area contributed by atoms with E-state index in [1.807, 2.05) is 0 Å². The van der Waals surface area contributed by atoms with Crippen LogP contribution in [0.1, 0.15) is 6.42 Å². The van der Waals surface area contributed by atoms with Crippen molar-refractivity contribution in [2.45, 2.75) is 11.3 Å². The SMILES string of the molecule is CN(CCCN1CCOCC1)S(=O)(=O)c1ccc(-c2cncnc2)cc1. The van der Waals surface area contributed by atoms with Crippen molar-refractivity contribution in [3.05, 3.63) is 43.0 Å². The molecule has 1 aromatic carbocycles. The van der Waals surface area contributed by atoms with Crippen LogP contribution in [-0.4, -0.2) is 74.0 Å². The second-order valence-electron chi connectivity index (χ2n) is 6.29. The summed E-state index contributed by atoms with van der Waals surface area (Å²) in [5, 5.41) is 0. The summed E-state index contributed by atoms with van der Waals surface area (Å²) < 4.78 is 32.2. The van der Waals surface area contributed by atoms with Gasteiger partial charge in [-0.1, -0.05) is 12.1 Å².